The summed E-state index contributed by atoms with van der Waals surface area (Å²) >= 11 is 15.2. The van der Waals surface area contributed by atoms with Crippen molar-refractivity contribution in [2.24, 2.45) is 0 Å². The topological polar surface area (TPSA) is 47.9 Å². The Balaban J connectivity index is 2.21. The lowest BCUT2D eigenvalue weighted by Gasteiger charge is -2.04. The van der Waals surface area contributed by atoms with Crippen molar-refractivity contribution in [1.82, 2.24) is 10.6 Å². The zero-order valence-electron chi connectivity index (χ0n) is 8.83. The second kappa shape index (κ2) is 4.41. The van der Waals surface area contributed by atoms with Crippen LogP contribution in [0.4, 0.5) is 0 Å². The minimum Gasteiger partial charge on any atom is -0.339 e. The normalized spacial score (nSPS) is 21.9. The van der Waals surface area contributed by atoms with Gasteiger partial charge in [-0.25, -0.2) is 0 Å². The Morgan fingerprint density at radius 2 is 1.94 bits per heavy atom. The molecule has 90 valence electrons. The fraction of sp³-hybridized carbons (Fsp3) is 0. The van der Waals surface area contributed by atoms with Gasteiger partial charge in [0.1, 0.15) is 15.1 Å². The van der Waals surface area contributed by atoms with Crippen LogP contribution in [0.15, 0.2) is 27.6 Å². The predicted molar refractivity (Wildman–Crippen MR) is 86.9 cm³/mol. The molecule has 0 saturated carbocycles. The second-order valence-corrected chi connectivity index (χ2v) is 6.75. The summed E-state index contributed by atoms with van der Waals surface area (Å²) in [6.07, 6.45) is 0. The van der Waals surface area contributed by atoms with Crippen molar-refractivity contribution in [3.8, 4) is 0 Å². The molecule has 0 aliphatic carbocycles. The van der Waals surface area contributed by atoms with E-state index in [1.807, 2.05) is 18.2 Å². The number of halogens is 1. The van der Waals surface area contributed by atoms with Crippen molar-refractivity contribution in [3.63, 3.8) is 0 Å². The Morgan fingerprint density at radius 3 is 2.61 bits per heavy atom. The lowest BCUT2D eigenvalue weighted by molar-refractivity contribution is 1.30. The number of benzene rings is 1. The standard InChI is InChI=1S/C11H6BrN3S3/c12-4-1-2-5-6(3-4)7(14-9(5)13)8-10(16)15-11(17)18-8/h1-3H,(H2,13,14)(H,15,16,17). The molecule has 18 heavy (non-hydrogen) atoms. The molecule has 0 amide bonds. The summed E-state index contributed by atoms with van der Waals surface area (Å²) in [4.78, 5) is 1.50. The summed E-state index contributed by atoms with van der Waals surface area (Å²) in [6, 6.07) is 5.82. The van der Waals surface area contributed by atoms with E-state index < -0.39 is 0 Å². The van der Waals surface area contributed by atoms with Crippen LogP contribution < -0.4 is 10.6 Å². The van der Waals surface area contributed by atoms with Crippen LogP contribution in [0.25, 0.3) is 5.70 Å². The second-order valence-electron chi connectivity index (χ2n) is 3.74. The number of hydrogen-bond acceptors (Lipinski definition) is 4. The fourth-order valence-corrected chi connectivity index (χ4v) is 3.78. The van der Waals surface area contributed by atoms with Crippen molar-refractivity contribution in [2.45, 2.75) is 0 Å². The van der Waals surface area contributed by atoms with Crippen molar-refractivity contribution in [2.75, 3.05) is 0 Å². The summed E-state index contributed by atoms with van der Waals surface area (Å²) in [5.41, 5.74) is 2.71. The number of rotatable bonds is 0. The summed E-state index contributed by atoms with van der Waals surface area (Å²) < 4.78 is 1.62. The van der Waals surface area contributed by atoms with Crippen molar-refractivity contribution in [3.05, 3.63) is 38.7 Å². The number of thioether (sulfide) groups is 1. The molecule has 0 spiro atoms. The average Bonchev–Trinajstić information content (AvgIpc) is 2.79. The first kappa shape index (κ1) is 12.3. The minimum atomic E-state index is 0.390. The molecule has 0 atom stereocenters. The fourth-order valence-electron chi connectivity index (χ4n) is 1.86. The first-order chi connectivity index (χ1) is 8.56. The van der Waals surface area contributed by atoms with Gasteiger partial charge in [-0.15, -0.1) is 0 Å². The van der Waals surface area contributed by atoms with E-state index in [1.165, 1.54) is 11.8 Å². The van der Waals surface area contributed by atoms with Crippen LogP contribution in [-0.2, 0) is 0 Å². The van der Waals surface area contributed by atoms with E-state index in [0.717, 1.165) is 26.2 Å². The van der Waals surface area contributed by atoms with Gasteiger partial charge in [-0.05, 0) is 18.2 Å². The SMILES string of the molecule is N=C1NC(=C2SC(=S)NC2=S)c2cc(Br)ccc21. The first-order valence-electron chi connectivity index (χ1n) is 4.99. The number of thiocarbonyl (C=S) groups is 2. The third kappa shape index (κ3) is 1.91. The molecule has 2 aliphatic rings. The smallest absolute Gasteiger partial charge is 0.143 e. The molecule has 3 rings (SSSR count). The van der Waals surface area contributed by atoms with E-state index in [1.54, 1.807) is 0 Å². The Bertz CT molecular complexity index is 651. The molecular formula is C11H6BrN3S3. The molecule has 0 aromatic heterocycles. The van der Waals surface area contributed by atoms with Gasteiger partial charge in [0, 0.05) is 15.6 Å². The molecule has 0 bridgehead atoms. The molecule has 7 heteroatoms. The van der Waals surface area contributed by atoms with Gasteiger partial charge in [0.25, 0.3) is 0 Å². The van der Waals surface area contributed by atoms with Crippen LogP contribution >= 0.6 is 52.1 Å². The highest BCUT2D eigenvalue weighted by atomic mass is 79.9. The number of nitrogens with one attached hydrogen (secondary N) is 3. The van der Waals surface area contributed by atoms with Crippen molar-refractivity contribution < 1.29 is 0 Å². The minimum absolute atomic E-state index is 0.390. The first-order valence-corrected chi connectivity index (χ1v) is 7.42. The molecule has 2 aliphatic heterocycles. The Hall–Kier alpha value is -0.760. The maximum absolute atomic E-state index is 7.95. The number of amidine groups is 1. The lowest BCUT2D eigenvalue weighted by Crippen LogP contribution is -2.18. The van der Waals surface area contributed by atoms with E-state index in [9.17, 15) is 0 Å². The van der Waals surface area contributed by atoms with Crippen LogP contribution in [0.1, 0.15) is 11.1 Å². The lowest BCUT2D eigenvalue weighted by atomic mass is 10.1. The Morgan fingerprint density at radius 1 is 1.17 bits per heavy atom. The van der Waals surface area contributed by atoms with Gasteiger partial charge in [-0.1, -0.05) is 52.1 Å². The maximum atomic E-state index is 7.95. The van der Waals surface area contributed by atoms with Gasteiger partial charge < -0.3 is 10.6 Å². The summed E-state index contributed by atoms with van der Waals surface area (Å²) in [5, 5.41) is 14.0. The molecular weight excluding hydrogens is 350 g/mol. The van der Waals surface area contributed by atoms with Gasteiger partial charge in [0.2, 0.25) is 0 Å². The van der Waals surface area contributed by atoms with Crippen LogP contribution in [-0.4, -0.2) is 15.1 Å². The average molecular weight is 356 g/mol. The number of fused-ring (bicyclic) bond motifs is 1. The largest absolute Gasteiger partial charge is 0.339 e. The van der Waals surface area contributed by atoms with Crippen LogP contribution in [0, 0.1) is 5.41 Å². The molecule has 3 N–H and O–H groups in total. The molecule has 0 unspecified atom stereocenters. The van der Waals surface area contributed by atoms with Crippen LogP contribution in [0.3, 0.4) is 0 Å². The third-order valence-corrected chi connectivity index (χ3v) is 4.79. The highest BCUT2D eigenvalue weighted by Crippen LogP contribution is 2.36. The molecule has 2 heterocycles. The van der Waals surface area contributed by atoms with E-state index in [4.69, 9.17) is 29.8 Å². The maximum Gasteiger partial charge on any atom is 0.143 e. The number of hydrogen-bond donors (Lipinski definition) is 3. The third-order valence-electron chi connectivity index (χ3n) is 2.61. The predicted octanol–water partition coefficient (Wildman–Crippen LogP) is 2.99. The van der Waals surface area contributed by atoms with Gasteiger partial charge in [-0.3, -0.25) is 5.41 Å². The van der Waals surface area contributed by atoms with E-state index in [2.05, 4.69) is 26.6 Å². The molecule has 1 fully saturated rings. The zero-order valence-corrected chi connectivity index (χ0v) is 12.9. The summed E-state index contributed by atoms with van der Waals surface area (Å²) in [6.45, 7) is 0. The summed E-state index contributed by atoms with van der Waals surface area (Å²) in [5.74, 6) is 0.390. The Kier molecular flexibility index (Phi) is 3.01. The quantitative estimate of drug-likeness (QED) is 0.493. The van der Waals surface area contributed by atoms with Gasteiger partial charge in [-0.2, -0.15) is 0 Å². The van der Waals surface area contributed by atoms with Gasteiger partial charge in [0.05, 0.1) is 10.6 Å². The molecule has 0 radical (unpaired) electrons. The molecule has 1 aromatic rings. The zero-order chi connectivity index (χ0) is 12.9. The van der Waals surface area contributed by atoms with E-state index in [0.29, 0.717) is 15.1 Å². The van der Waals surface area contributed by atoms with E-state index >= 15 is 0 Å². The van der Waals surface area contributed by atoms with Crippen LogP contribution in [0.2, 0.25) is 0 Å². The monoisotopic (exact) mass is 355 g/mol. The molecule has 3 nitrogen and oxygen atoms in total. The van der Waals surface area contributed by atoms with Crippen molar-refractivity contribution in [1.29, 1.82) is 5.41 Å². The Labute approximate surface area is 127 Å². The van der Waals surface area contributed by atoms with E-state index in [-0.39, 0.29) is 0 Å². The highest BCUT2D eigenvalue weighted by Gasteiger charge is 2.29. The van der Waals surface area contributed by atoms with Crippen LogP contribution in [0.5, 0.6) is 0 Å². The molecule has 1 aromatic carbocycles. The molecule has 1 saturated heterocycles. The van der Waals surface area contributed by atoms with Gasteiger partial charge in [0.15, 0.2) is 0 Å². The van der Waals surface area contributed by atoms with Crippen molar-refractivity contribution >= 4 is 73.0 Å². The van der Waals surface area contributed by atoms with Gasteiger partial charge >= 0.3 is 0 Å². The summed E-state index contributed by atoms with van der Waals surface area (Å²) in [7, 11) is 0. The highest BCUT2D eigenvalue weighted by molar-refractivity contribution is 9.10.